The third kappa shape index (κ3) is 8.53. The number of hydrogen-bond acceptors (Lipinski definition) is 9. The number of anilines is 2. The maximum Gasteiger partial charge on any atom is 0.254 e. The molecule has 4 aromatic rings. The molecule has 2 heterocycles. The maximum atomic E-state index is 13.8. The van der Waals surface area contributed by atoms with E-state index in [1.165, 1.54) is 30.7 Å². The number of aromatic nitrogens is 1. The van der Waals surface area contributed by atoms with Crippen molar-refractivity contribution >= 4 is 66.7 Å². The summed E-state index contributed by atoms with van der Waals surface area (Å²) in [5.41, 5.74) is 3.33. The molecule has 0 atom stereocenters. The van der Waals surface area contributed by atoms with Crippen LogP contribution in [0.4, 0.5) is 11.4 Å². The maximum absolute atomic E-state index is 13.8. The second-order valence-electron chi connectivity index (χ2n) is 11.1. The number of benzene rings is 3. The van der Waals surface area contributed by atoms with Gasteiger partial charge >= 0.3 is 0 Å². The van der Waals surface area contributed by atoms with Crippen LogP contribution in [0.25, 0.3) is 10.9 Å². The van der Waals surface area contributed by atoms with Crippen molar-refractivity contribution in [2.75, 3.05) is 70.8 Å². The average Bonchev–Trinajstić information content (AvgIpc) is 3.10. The van der Waals surface area contributed by atoms with Crippen LogP contribution in [-0.4, -0.2) is 94.6 Å². The number of morpholine rings is 1. The van der Waals surface area contributed by atoms with E-state index in [4.69, 9.17) is 14.2 Å². The molecule has 254 valence electrons. The molecule has 2 N–H and O–H groups in total. The number of carbonyl (C=O) groups excluding carboxylic acids is 2. The normalized spacial score (nSPS) is 13.4. The van der Waals surface area contributed by atoms with Gasteiger partial charge in [-0.05, 0) is 96.2 Å². The Bertz CT molecular complexity index is 1880. The molecule has 0 unspecified atom stereocenters. The molecular formula is C34H38IN5O7S. The van der Waals surface area contributed by atoms with Crippen LogP contribution in [0.15, 0.2) is 71.6 Å². The number of nitrogens with one attached hydrogen (secondary N) is 2. The highest BCUT2D eigenvalue weighted by Crippen LogP contribution is 2.28. The first-order valence-electron chi connectivity index (χ1n) is 15.4. The Morgan fingerprint density at radius 2 is 1.71 bits per heavy atom. The molecule has 0 aliphatic carbocycles. The van der Waals surface area contributed by atoms with Crippen molar-refractivity contribution in [3.63, 3.8) is 0 Å². The fourth-order valence-corrected chi connectivity index (χ4v) is 7.29. The first-order valence-corrected chi connectivity index (χ1v) is 17.9. The fraction of sp³-hybridized carbons (Fsp3) is 0.324. The summed E-state index contributed by atoms with van der Waals surface area (Å²) >= 11 is 2.25. The molecule has 1 aliphatic heterocycles. The number of fused-ring (bicyclic) bond motifs is 1. The lowest BCUT2D eigenvalue weighted by atomic mass is 10.1. The number of methoxy groups -OCH3 is 2. The first-order chi connectivity index (χ1) is 23.1. The number of carbonyl (C=O) groups is 2. The third-order valence-electron chi connectivity index (χ3n) is 7.88. The van der Waals surface area contributed by atoms with Crippen molar-refractivity contribution < 1.29 is 32.2 Å². The Morgan fingerprint density at radius 1 is 0.958 bits per heavy atom. The van der Waals surface area contributed by atoms with Crippen molar-refractivity contribution in [3.8, 4) is 11.5 Å². The first kappa shape index (κ1) is 35.3. The van der Waals surface area contributed by atoms with Gasteiger partial charge in [-0.3, -0.25) is 14.6 Å². The minimum atomic E-state index is -3.98. The average molecular weight is 788 g/mol. The van der Waals surface area contributed by atoms with Crippen LogP contribution in [-0.2, 0) is 19.6 Å². The molecule has 5 rings (SSSR count). The van der Waals surface area contributed by atoms with Gasteiger partial charge < -0.3 is 29.7 Å². The van der Waals surface area contributed by atoms with Crippen molar-refractivity contribution in [2.24, 2.45) is 0 Å². The number of amides is 2. The molecule has 0 saturated carbocycles. The predicted molar refractivity (Wildman–Crippen MR) is 192 cm³/mol. The van der Waals surface area contributed by atoms with E-state index in [2.05, 4.69) is 38.2 Å². The zero-order valence-corrected chi connectivity index (χ0v) is 30.0. The van der Waals surface area contributed by atoms with Crippen LogP contribution in [0.3, 0.4) is 0 Å². The van der Waals surface area contributed by atoms with Gasteiger partial charge in [0, 0.05) is 65.0 Å². The number of sulfonamides is 1. The number of halogens is 1. The zero-order chi connectivity index (χ0) is 34.3. The highest BCUT2D eigenvalue weighted by atomic mass is 127. The number of rotatable bonds is 13. The van der Waals surface area contributed by atoms with Gasteiger partial charge in [0.25, 0.3) is 5.91 Å². The van der Waals surface area contributed by atoms with Gasteiger partial charge in [-0.1, -0.05) is 0 Å². The quantitative estimate of drug-likeness (QED) is 0.184. The Kier molecular flexibility index (Phi) is 11.7. The summed E-state index contributed by atoms with van der Waals surface area (Å²) < 4.78 is 46.0. The second kappa shape index (κ2) is 15.9. The van der Waals surface area contributed by atoms with Gasteiger partial charge in [-0.15, -0.1) is 0 Å². The topological polar surface area (TPSA) is 139 Å². The Hall–Kier alpha value is -3.99. The zero-order valence-electron chi connectivity index (χ0n) is 27.0. The minimum absolute atomic E-state index is 0.0776. The molecule has 0 radical (unpaired) electrons. The third-order valence-corrected chi connectivity index (χ3v) is 10.5. The van der Waals surface area contributed by atoms with E-state index < -0.39 is 15.9 Å². The lowest BCUT2D eigenvalue weighted by Crippen LogP contribution is -2.40. The van der Waals surface area contributed by atoms with Gasteiger partial charge in [-0.2, -0.15) is 4.31 Å². The van der Waals surface area contributed by atoms with Crippen molar-refractivity contribution in [1.29, 1.82) is 0 Å². The van der Waals surface area contributed by atoms with Crippen molar-refractivity contribution in [1.82, 2.24) is 14.2 Å². The molecule has 1 saturated heterocycles. The summed E-state index contributed by atoms with van der Waals surface area (Å²) in [7, 11) is -1.01. The fourth-order valence-electron chi connectivity index (χ4n) is 5.36. The molecular weight excluding hydrogens is 749 g/mol. The van der Waals surface area contributed by atoms with Crippen LogP contribution < -0.4 is 20.1 Å². The van der Waals surface area contributed by atoms with Crippen LogP contribution in [0.2, 0.25) is 0 Å². The minimum Gasteiger partial charge on any atom is -0.497 e. The lowest BCUT2D eigenvalue weighted by molar-refractivity contribution is -0.116. The second-order valence-corrected chi connectivity index (χ2v) is 14.3. The summed E-state index contributed by atoms with van der Waals surface area (Å²) in [6.07, 6.45) is -0.123. The molecule has 12 nitrogen and oxygen atoms in total. The predicted octanol–water partition coefficient (Wildman–Crippen LogP) is 4.77. The SMILES string of the molecule is COc1ccc(S(=O)(=O)N(CCNc2cc(C)nc3ccc(I)cc23)CCC(=O)Nc2ccc(C(=O)N3CCOCC3)cc2OC)cc1. The van der Waals surface area contributed by atoms with Gasteiger partial charge in [-0.25, -0.2) is 8.42 Å². The van der Waals surface area contributed by atoms with E-state index in [0.717, 1.165) is 25.9 Å². The van der Waals surface area contributed by atoms with Crippen LogP contribution >= 0.6 is 22.6 Å². The number of ether oxygens (including phenoxy) is 3. The standard InChI is InChI=1S/C34H38IN5O7S/c1-23-20-31(28-22-25(35)5-11-29(28)37-23)36-13-15-40(48(43,44)27-8-6-26(45-2)7-9-27)14-12-33(41)38-30-10-4-24(21-32(30)46-3)34(42)39-16-18-47-19-17-39/h4-11,20-22H,12-19H2,1-3H3,(H,36,37)(H,38,41). The van der Waals surface area contributed by atoms with Crippen LogP contribution in [0, 0.1) is 10.5 Å². The van der Waals surface area contributed by atoms with E-state index in [1.807, 2.05) is 31.2 Å². The molecule has 2 amide bonds. The van der Waals surface area contributed by atoms with E-state index in [9.17, 15) is 18.0 Å². The molecule has 0 bridgehead atoms. The van der Waals surface area contributed by atoms with E-state index in [0.29, 0.717) is 49.1 Å². The molecule has 1 aliphatic rings. The molecule has 1 fully saturated rings. The lowest BCUT2D eigenvalue weighted by Gasteiger charge is -2.27. The van der Waals surface area contributed by atoms with Gasteiger partial charge in [0.1, 0.15) is 11.5 Å². The van der Waals surface area contributed by atoms with E-state index >= 15 is 0 Å². The number of nitrogens with zero attached hydrogens (tertiary/aromatic N) is 3. The molecule has 0 spiro atoms. The number of hydrogen-bond donors (Lipinski definition) is 2. The Labute approximate surface area is 293 Å². The highest BCUT2D eigenvalue weighted by Gasteiger charge is 2.26. The van der Waals surface area contributed by atoms with Crippen LogP contribution in [0.5, 0.6) is 11.5 Å². The van der Waals surface area contributed by atoms with Crippen LogP contribution in [0.1, 0.15) is 22.5 Å². The summed E-state index contributed by atoms with van der Waals surface area (Å²) in [5, 5.41) is 7.13. The smallest absolute Gasteiger partial charge is 0.254 e. The summed E-state index contributed by atoms with van der Waals surface area (Å²) in [4.78, 5) is 32.5. The van der Waals surface area contributed by atoms with Gasteiger partial charge in [0.2, 0.25) is 15.9 Å². The van der Waals surface area contributed by atoms with E-state index in [-0.39, 0.29) is 36.9 Å². The van der Waals surface area contributed by atoms with Crippen molar-refractivity contribution in [3.05, 3.63) is 81.6 Å². The summed E-state index contributed by atoms with van der Waals surface area (Å²) in [6, 6.07) is 18.9. The monoisotopic (exact) mass is 787 g/mol. The molecule has 3 aromatic carbocycles. The number of pyridine rings is 1. The Morgan fingerprint density at radius 3 is 2.42 bits per heavy atom. The van der Waals surface area contributed by atoms with Gasteiger partial charge in [0.15, 0.2) is 0 Å². The summed E-state index contributed by atoms with van der Waals surface area (Å²) in [5.74, 6) is 0.299. The van der Waals surface area contributed by atoms with E-state index in [1.54, 1.807) is 35.2 Å². The highest BCUT2D eigenvalue weighted by molar-refractivity contribution is 14.1. The largest absolute Gasteiger partial charge is 0.497 e. The molecule has 48 heavy (non-hydrogen) atoms. The molecule has 1 aromatic heterocycles. The number of aryl methyl sites for hydroxylation is 1. The summed E-state index contributed by atoms with van der Waals surface area (Å²) in [6.45, 7) is 4.18. The van der Waals surface area contributed by atoms with Crippen molar-refractivity contribution in [2.45, 2.75) is 18.2 Å². The Balaban J connectivity index is 1.30. The molecule has 14 heteroatoms. The van der Waals surface area contributed by atoms with Gasteiger partial charge in [0.05, 0.1) is 43.5 Å².